The Morgan fingerprint density at radius 3 is 2.93 bits per heavy atom. The second-order valence-corrected chi connectivity index (χ2v) is 3.79. The van der Waals surface area contributed by atoms with E-state index in [4.69, 9.17) is 0 Å². The molecular formula is C12H17N3. The lowest BCUT2D eigenvalue weighted by atomic mass is 10.2. The molecule has 0 saturated carbocycles. The van der Waals surface area contributed by atoms with Crippen molar-refractivity contribution in [2.45, 2.75) is 26.8 Å². The first-order valence-electron chi connectivity index (χ1n) is 5.37. The number of nitrogens with zero attached hydrogens (tertiary/aromatic N) is 2. The van der Waals surface area contributed by atoms with E-state index in [1.54, 1.807) is 0 Å². The van der Waals surface area contributed by atoms with E-state index >= 15 is 0 Å². The Labute approximate surface area is 90.1 Å². The third-order valence-corrected chi connectivity index (χ3v) is 2.74. The zero-order valence-corrected chi connectivity index (χ0v) is 9.54. The molecule has 0 aliphatic carbocycles. The largest absolute Gasteiger partial charge is 0.316 e. The van der Waals surface area contributed by atoms with Gasteiger partial charge in [0.15, 0.2) is 0 Å². The van der Waals surface area contributed by atoms with E-state index < -0.39 is 0 Å². The van der Waals surface area contributed by atoms with Crippen molar-refractivity contribution < 1.29 is 0 Å². The molecule has 0 spiro atoms. The summed E-state index contributed by atoms with van der Waals surface area (Å²) in [5.74, 6) is 0. The maximum Gasteiger partial charge on any atom is 0.137 e. The van der Waals surface area contributed by atoms with E-state index in [2.05, 4.69) is 46.9 Å². The van der Waals surface area contributed by atoms with E-state index in [0.29, 0.717) is 0 Å². The number of fused-ring (bicyclic) bond motifs is 1. The summed E-state index contributed by atoms with van der Waals surface area (Å²) in [5, 5.41) is 3.15. The quantitative estimate of drug-likeness (QED) is 0.826. The molecule has 2 aromatic heterocycles. The molecule has 2 rings (SSSR count). The minimum Gasteiger partial charge on any atom is -0.316 e. The van der Waals surface area contributed by atoms with E-state index in [9.17, 15) is 0 Å². The number of hydrogen-bond acceptors (Lipinski definition) is 2. The number of rotatable bonds is 3. The summed E-state index contributed by atoms with van der Waals surface area (Å²) in [6.07, 6.45) is 3.10. The maximum atomic E-state index is 4.61. The molecule has 0 radical (unpaired) electrons. The van der Waals surface area contributed by atoms with Gasteiger partial charge in [0.2, 0.25) is 0 Å². The van der Waals surface area contributed by atoms with Crippen LogP contribution in [0.1, 0.15) is 23.9 Å². The first-order chi connectivity index (χ1) is 7.26. The van der Waals surface area contributed by atoms with Crippen LogP contribution in [0.2, 0.25) is 0 Å². The predicted molar refractivity (Wildman–Crippen MR) is 62.1 cm³/mol. The normalized spacial score (nSPS) is 11.1. The maximum absolute atomic E-state index is 4.61. The SMILES string of the molecule is CCc1nc2cc(CNC)ccn2c1C. The molecule has 15 heavy (non-hydrogen) atoms. The summed E-state index contributed by atoms with van der Waals surface area (Å²) >= 11 is 0. The van der Waals surface area contributed by atoms with Crippen LogP contribution >= 0.6 is 0 Å². The third-order valence-electron chi connectivity index (χ3n) is 2.74. The van der Waals surface area contributed by atoms with Crippen LogP contribution in [0.5, 0.6) is 0 Å². The molecule has 0 saturated heterocycles. The highest BCUT2D eigenvalue weighted by Crippen LogP contribution is 2.13. The van der Waals surface area contributed by atoms with Gasteiger partial charge in [0.05, 0.1) is 5.69 Å². The van der Waals surface area contributed by atoms with Gasteiger partial charge in [0.1, 0.15) is 5.65 Å². The molecular weight excluding hydrogens is 186 g/mol. The van der Waals surface area contributed by atoms with Crippen LogP contribution in [0.4, 0.5) is 0 Å². The summed E-state index contributed by atoms with van der Waals surface area (Å²) in [4.78, 5) is 4.61. The smallest absolute Gasteiger partial charge is 0.137 e. The molecule has 0 aliphatic rings. The molecule has 0 atom stereocenters. The molecule has 0 unspecified atom stereocenters. The first kappa shape index (κ1) is 10.2. The van der Waals surface area contributed by atoms with E-state index in [0.717, 1.165) is 18.6 Å². The molecule has 0 aliphatic heterocycles. The second-order valence-electron chi connectivity index (χ2n) is 3.79. The van der Waals surface area contributed by atoms with Crippen LogP contribution in [0.3, 0.4) is 0 Å². The molecule has 2 heterocycles. The van der Waals surface area contributed by atoms with Gasteiger partial charge >= 0.3 is 0 Å². The molecule has 3 heteroatoms. The van der Waals surface area contributed by atoms with E-state index in [1.165, 1.54) is 17.0 Å². The number of nitrogens with one attached hydrogen (secondary N) is 1. The molecule has 80 valence electrons. The fourth-order valence-corrected chi connectivity index (χ4v) is 1.91. The summed E-state index contributed by atoms with van der Waals surface area (Å²) in [7, 11) is 1.96. The zero-order valence-electron chi connectivity index (χ0n) is 9.54. The summed E-state index contributed by atoms with van der Waals surface area (Å²) < 4.78 is 2.15. The van der Waals surface area contributed by atoms with Gasteiger partial charge in [-0.2, -0.15) is 0 Å². The molecule has 0 aromatic carbocycles. The number of aromatic nitrogens is 2. The fraction of sp³-hybridized carbons (Fsp3) is 0.417. The molecule has 1 N–H and O–H groups in total. The Morgan fingerprint density at radius 2 is 2.27 bits per heavy atom. The number of hydrogen-bond donors (Lipinski definition) is 1. The Kier molecular flexibility index (Phi) is 2.73. The van der Waals surface area contributed by atoms with Gasteiger partial charge in [0.25, 0.3) is 0 Å². The second kappa shape index (κ2) is 4.03. The Balaban J connectivity index is 2.53. The van der Waals surface area contributed by atoms with Crippen LogP contribution in [0, 0.1) is 6.92 Å². The van der Waals surface area contributed by atoms with Gasteiger partial charge in [-0.05, 0) is 38.1 Å². The van der Waals surface area contributed by atoms with Crippen LogP contribution in [0.25, 0.3) is 5.65 Å². The van der Waals surface area contributed by atoms with Crippen LogP contribution in [-0.2, 0) is 13.0 Å². The minimum absolute atomic E-state index is 0.893. The zero-order chi connectivity index (χ0) is 10.8. The number of aryl methyl sites for hydroxylation is 2. The van der Waals surface area contributed by atoms with E-state index in [1.807, 2.05) is 7.05 Å². The van der Waals surface area contributed by atoms with Gasteiger partial charge in [-0.1, -0.05) is 6.92 Å². The molecule has 0 fully saturated rings. The summed E-state index contributed by atoms with van der Waals surface area (Å²) in [6.45, 7) is 5.16. The van der Waals surface area contributed by atoms with Gasteiger partial charge in [-0.3, -0.25) is 0 Å². The lowest BCUT2D eigenvalue weighted by Gasteiger charge is -2.01. The Bertz CT molecular complexity index is 471. The standard InChI is InChI=1S/C12H17N3/c1-4-11-9(2)15-6-5-10(8-13-3)7-12(15)14-11/h5-7,13H,4,8H2,1-3H3. The fourth-order valence-electron chi connectivity index (χ4n) is 1.91. The topological polar surface area (TPSA) is 29.3 Å². The highest BCUT2D eigenvalue weighted by molar-refractivity contribution is 5.45. The highest BCUT2D eigenvalue weighted by Gasteiger charge is 2.06. The van der Waals surface area contributed by atoms with Gasteiger partial charge in [-0.15, -0.1) is 0 Å². The first-order valence-corrected chi connectivity index (χ1v) is 5.37. The Hall–Kier alpha value is -1.35. The number of imidazole rings is 1. The van der Waals surface area contributed by atoms with Crippen LogP contribution in [0.15, 0.2) is 18.3 Å². The van der Waals surface area contributed by atoms with Crippen molar-refractivity contribution in [2.24, 2.45) is 0 Å². The van der Waals surface area contributed by atoms with Crippen LogP contribution < -0.4 is 5.32 Å². The van der Waals surface area contributed by atoms with Crippen molar-refractivity contribution in [1.82, 2.24) is 14.7 Å². The highest BCUT2D eigenvalue weighted by atomic mass is 15.0. The summed E-state index contributed by atoms with van der Waals surface area (Å²) in [5.41, 5.74) is 4.77. The number of pyridine rings is 1. The van der Waals surface area contributed by atoms with Gasteiger partial charge in [-0.25, -0.2) is 4.98 Å². The minimum atomic E-state index is 0.893. The molecule has 0 amide bonds. The molecule has 0 bridgehead atoms. The monoisotopic (exact) mass is 203 g/mol. The van der Waals surface area contributed by atoms with Crippen molar-refractivity contribution in [3.8, 4) is 0 Å². The van der Waals surface area contributed by atoms with Crippen molar-refractivity contribution in [2.75, 3.05) is 7.05 Å². The van der Waals surface area contributed by atoms with Crippen molar-refractivity contribution in [1.29, 1.82) is 0 Å². The lowest BCUT2D eigenvalue weighted by Crippen LogP contribution is -2.05. The summed E-state index contributed by atoms with van der Waals surface area (Å²) in [6, 6.07) is 4.28. The van der Waals surface area contributed by atoms with Gasteiger partial charge < -0.3 is 9.72 Å². The van der Waals surface area contributed by atoms with Crippen molar-refractivity contribution in [3.63, 3.8) is 0 Å². The Morgan fingerprint density at radius 1 is 1.47 bits per heavy atom. The average Bonchev–Trinajstić information content (AvgIpc) is 2.56. The molecule has 3 nitrogen and oxygen atoms in total. The average molecular weight is 203 g/mol. The van der Waals surface area contributed by atoms with Crippen molar-refractivity contribution >= 4 is 5.65 Å². The predicted octanol–water partition coefficient (Wildman–Crippen LogP) is 1.92. The molecule has 2 aromatic rings. The van der Waals surface area contributed by atoms with Crippen LogP contribution in [-0.4, -0.2) is 16.4 Å². The lowest BCUT2D eigenvalue weighted by molar-refractivity contribution is 0.816. The van der Waals surface area contributed by atoms with Crippen molar-refractivity contribution in [3.05, 3.63) is 35.3 Å². The third kappa shape index (κ3) is 1.75. The van der Waals surface area contributed by atoms with E-state index in [-0.39, 0.29) is 0 Å². The van der Waals surface area contributed by atoms with Gasteiger partial charge in [0, 0.05) is 18.4 Å².